The molecular weight excluding hydrogens is 268 g/mol. The van der Waals surface area contributed by atoms with Crippen molar-refractivity contribution < 1.29 is 14.7 Å². The quantitative estimate of drug-likeness (QED) is 0.582. The highest BCUT2D eigenvalue weighted by Crippen LogP contribution is 2.22. The number of hydrogen-bond donors (Lipinski definition) is 3. The zero-order valence-electron chi connectivity index (χ0n) is 11.2. The maximum Gasteiger partial charge on any atom is 0.255 e. The fourth-order valence-corrected chi connectivity index (χ4v) is 1.75. The topological polar surface area (TPSA) is 78.4 Å². The van der Waals surface area contributed by atoms with E-state index >= 15 is 0 Å². The van der Waals surface area contributed by atoms with E-state index in [9.17, 15) is 14.7 Å². The van der Waals surface area contributed by atoms with Gasteiger partial charge in [0.1, 0.15) is 5.75 Å². The van der Waals surface area contributed by atoms with Gasteiger partial charge in [0, 0.05) is 11.3 Å². The standard InChI is InChI=1S/C16H14N2O3/c1-11(17-10-19)12-6-8-13(9-7-12)16(21)18-14-4-2-3-5-15(14)20/h2-10,20H,1H2,(H,17,19)(H,18,21). The molecule has 5 nitrogen and oxygen atoms in total. The molecular formula is C16H14N2O3. The second-order valence-corrected chi connectivity index (χ2v) is 4.29. The number of carbonyl (C=O) groups is 2. The van der Waals surface area contributed by atoms with Crippen molar-refractivity contribution in [3.05, 3.63) is 66.2 Å². The van der Waals surface area contributed by atoms with Crippen LogP contribution < -0.4 is 10.6 Å². The highest BCUT2D eigenvalue weighted by atomic mass is 16.3. The number of amides is 2. The Balaban J connectivity index is 2.12. The number of carbonyl (C=O) groups excluding carboxylic acids is 2. The summed E-state index contributed by atoms with van der Waals surface area (Å²) >= 11 is 0. The number of benzene rings is 2. The summed E-state index contributed by atoms with van der Waals surface area (Å²) in [6, 6.07) is 13.1. The van der Waals surface area contributed by atoms with E-state index in [4.69, 9.17) is 0 Å². The number of phenolic OH excluding ortho intramolecular Hbond substituents is 1. The maximum atomic E-state index is 12.1. The summed E-state index contributed by atoms with van der Waals surface area (Å²) in [5.74, 6) is -0.331. The van der Waals surface area contributed by atoms with Crippen molar-refractivity contribution >= 4 is 23.7 Å². The van der Waals surface area contributed by atoms with Crippen LogP contribution in [0.5, 0.6) is 5.75 Å². The molecule has 0 fully saturated rings. The monoisotopic (exact) mass is 282 g/mol. The average molecular weight is 282 g/mol. The van der Waals surface area contributed by atoms with Gasteiger partial charge in [-0.15, -0.1) is 0 Å². The van der Waals surface area contributed by atoms with Crippen LogP contribution in [0.2, 0.25) is 0 Å². The van der Waals surface area contributed by atoms with Crippen LogP contribution in [0.1, 0.15) is 15.9 Å². The van der Waals surface area contributed by atoms with Crippen LogP contribution in [0.4, 0.5) is 5.69 Å². The van der Waals surface area contributed by atoms with Crippen LogP contribution in [0.15, 0.2) is 55.1 Å². The van der Waals surface area contributed by atoms with Crippen LogP contribution in [0.3, 0.4) is 0 Å². The number of hydrogen-bond acceptors (Lipinski definition) is 3. The molecule has 2 aromatic rings. The van der Waals surface area contributed by atoms with Gasteiger partial charge in [0.2, 0.25) is 6.41 Å². The summed E-state index contributed by atoms with van der Waals surface area (Å²) < 4.78 is 0. The Morgan fingerprint density at radius 2 is 1.67 bits per heavy atom. The van der Waals surface area contributed by atoms with Crippen LogP contribution in [0.25, 0.3) is 5.70 Å². The predicted octanol–water partition coefficient (Wildman–Crippen LogP) is 2.36. The Morgan fingerprint density at radius 1 is 1.05 bits per heavy atom. The molecule has 0 bridgehead atoms. The summed E-state index contributed by atoms with van der Waals surface area (Å²) in [5.41, 5.74) is 1.94. The molecule has 0 atom stereocenters. The van der Waals surface area contributed by atoms with Crippen LogP contribution in [0, 0.1) is 0 Å². The molecule has 21 heavy (non-hydrogen) atoms. The number of para-hydroxylation sites is 2. The van der Waals surface area contributed by atoms with E-state index < -0.39 is 0 Å². The van der Waals surface area contributed by atoms with Gasteiger partial charge in [0.15, 0.2) is 0 Å². The molecule has 2 rings (SSSR count). The zero-order chi connectivity index (χ0) is 15.2. The first-order valence-electron chi connectivity index (χ1n) is 6.20. The number of rotatable bonds is 5. The predicted molar refractivity (Wildman–Crippen MR) is 80.7 cm³/mol. The first-order chi connectivity index (χ1) is 10.1. The van der Waals surface area contributed by atoms with Crippen molar-refractivity contribution in [1.82, 2.24) is 5.32 Å². The van der Waals surface area contributed by atoms with E-state index in [0.717, 1.165) is 0 Å². The molecule has 2 amide bonds. The van der Waals surface area contributed by atoms with Gasteiger partial charge >= 0.3 is 0 Å². The summed E-state index contributed by atoms with van der Waals surface area (Å²) in [4.78, 5) is 22.4. The third-order valence-corrected chi connectivity index (χ3v) is 2.88. The van der Waals surface area contributed by atoms with Crippen LogP contribution in [-0.4, -0.2) is 17.4 Å². The molecule has 0 radical (unpaired) electrons. The van der Waals surface area contributed by atoms with Gasteiger partial charge in [-0.25, -0.2) is 0 Å². The van der Waals surface area contributed by atoms with Gasteiger partial charge in [-0.2, -0.15) is 0 Å². The van der Waals surface area contributed by atoms with Crippen molar-refractivity contribution in [3.8, 4) is 5.75 Å². The normalized spacial score (nSPS) is 9.71. The molecule has 5 heteroatoms. The molecule has 0 saturated carbocycles. The van der Waals surface area contributed by atoms with E-state index in [2.05, 4.69) is 17.2 Å². The van der Waals surface area contributed by atoms with Crippen molar-refractivity contribution in [3.63, 3.8) is 0 Å². The smallest absolute Gasteiger partial charge is 0.255 e. The van der Waals surface area contributed by atoms with Gasteiger partial charge < -0.3 is 15.7 Å². The molecule has 0 aliphatic carbocycles. The fourth-order valence-electron chi connectivity index (χ4n) is 1.75. The molecule has 0 heterocycles. The van der Waals surface area contributed by atoms with Gasteiger partial charge in [-0.1, -0.05) is 30.8 Å². The maximum absolute atomic E-state index is 12.1. The molecule has 0 unspecified atom stereocenters. The van der Waals surface area contributed by atoms with Gasteiger partial charge in [-0.3, -0.25) is 9.59 Å². The Hall–Kier alpha value is -3.08. The second kappa shape index (κ2) is 6.38. The van der Waals surface area contributed by atoms with Crippen LogP contribution >= 0.6 is 0 Å². The van der Waals surface area contributed by atoms with E-state index in [-0.39, 0.29) is 11.7 Å². The van der Waals surface area contributed by atoms with E-state index in [1.54, 1.807) is 42.5 Å². The van der Waals surface area contributed by atoms with Crippen molar-refractivity contribution in [2.24, 2.45) is 0 Å². The molecule has 0 aliphatic rings. The summed E-state index contributed by atoms with van der Waals surface area (Å²) in [5, 5.41) is 14.7. The van der Waals surface area contributed by atoms with Crippen molar-refractivity contribution in [2.45, 2.75) is 0 Å². The lowest BCUT2D eigenvalue weighted by atomic mass is 10.1. The lowest BCUT2D eigenvalue weighted by Gasteiger charge is -2.08. The third kappa shape index (κ3) is 3.48. The minimum atomic E-state index is -0.336. The fraction of sp³-hybridized carbons (Fsp3) is 0. The Kier molecular flexibility index (Phi) is 4.36. The van der Waals surface area contributed by atoms with Crippen LogP contribution in [-0.2, 0) is 4.79 Å². The third-order valence-electron chi connectivity index (χ3n) is 2.88. The van der Waals surface area contributed by atoms with Gasteiger partial charge in [0.25, 0.3) is 5.91 Å². The Labute approximate surface area is 121 Å². The molecule has 3 N–H and O–H groups in total. The minimum Gasteiger partial charge on any atom is -0.506 e. The number of phenols is 1. The summed E-state index contributed by atoms with van der Waals surface area (Å²) in [6.07, 6.45) is 0.543. The zero-order valence-corrected chi connectivity index (χ0v) is 11.2. The molecule has 0 saturated heterocycles. The van der Waals surface area contributed by atoms with E-state index in [0.29, 0.717) is 28.9 Å². The number of anilines is 1. The minimum absolute atomic E-state index is 0.00558. The molecule has 0 spiro atoms. The summed E-state index contributed by atoms with van der Waals surface area (Å²) in [6.45, 7) is 3.69. The molecule has 0 aliphatic heterocycles. The average Bonchev–Trinajstić information content (AvgIpc) is 2.50. The number of nitrogens with one attached hydrogen (secondary N) is 2. The second-order valence-electron chi connectivity index (χ2n) is 4.29. The molecule has 106 valence electrons. The van der Waals surface area contributed by atoms with E-state index in [1.165, 1.54) is 6.07 Å². The lowest BCUT2D eigenvalue weighted by molar-refractivity contribution is -0.108. The highest BCUT2D eigenvalue weighted by molar-refractivity contribution is 6.05. The first kappa shape index (κ1) is 14.3. The highest BCUT2D eigenvalue weighted by Gasteiger charge is 2.08. The van der Waals surface area contributed by atoms with Crippen molar-refractivity contribution in [1.29, 1.82) is 0 Å². The lowest BCUT2D eigenvalue weighted by Crippen LogP contribution is -2.12. The SMILES string of the molecule is C=C(NC=O)c1ccc(C(=O)Nc2ccccc2O)cc1. The largest absolute Gasteiger partial charge is 0.506 e. The molecule has 0 aromatic heterocycles. The number of aromatic hydroxyl groups is 1. The van der Waals surface area contributed by atoms with E-state index in [1.807, 2.05) is 0 Å². The van der Waals surface area contributed by atoms with Gasteiger partial charge in [0.05, 0.1) is 5.69 Å². The Morgan fingerprint density at radius 3 is 2.29 bits per heavy atom. The molecule has 2 aromatic carbocycles. The Bertz CT molecular complexity index is 678. The summed E-state index contributed by atoms with van der Waals surface area (Å²) in [7, 11) is 0. The van der Waals surface area contributed by atoms with Gasteiger partial charge in [-0.05, 0) is 29.8 Å². The first-order valence-corrected chi connectivity index (χ1v) is 6.20. The van der Waals surface area contributed by atoms with Crippen molar-refractivity contribution in [2.75, 3.05) is 5.32 Å².